The van der Waals surface area contributed by atoms with Crippen LogP contribution in [-0.2, 0) is 80.9 Å². The molecule has 17 nitrogen and oxygen atoms in total. The van der Waals surface area contributed by atoms with E-state index in [1.165, 1.54) is 0 Å². The van der Waals surface area contributed by atoms with Gasteiger partial charge in [0.2, 0.25) is 12.6 Å². The number of esters is 7. The zero-order valence-electron chi connectivity index (χ0n) is 24.1. The zero-order chi connectivity index (χ0) is 31.7. The van der Waals surface area contributed by atoms with Crippen LogP contribution in [0.1, 0.15) is 48.5 Å². The zero-order valence-corrected chi connectivity index (χ0v) is 24.1. The average Bonchev–Trinajstić information content (AvgIpc) is 2.83. The molecule has 2 rings (SSSR count). The fraction of sp³-hybridized carbons (Fsp3) is 0.720. The smallest absolute Gasteiger partial charge is 0.303 e. The van der Waals surface area contributed by atoms with Crippen LogP contribution in [0.25, 0.3) is 0 Å². The molecule has 0 saturated carbocycles. The first-order valence-corrected chi connectivity index (χ1v) is 12.7. The van der Waals surface area contributed by atoms with E-state index in [1.807, 2.05) is 0 Å². The molecule has 2 aliphatic rings. The second-order valence-corrected chi connectivity index (χ2v) is 9.20. The summed E-state index contributed by atoms with van der Waals surface area (Å²) in [5.74, 6) is -5.74. The summed E-state index contributed by atoms with van der Waals surface area (Å²) in [5.41, 5.74) is 0. The topological polar surface area (TPSA) is 212 Å². The van der Waals surface area contributed by atoms with Crippen molar-refractivity contribution in [3.63, 3.8) is 0 Å². The predicted molar refractivity (Wildman–Crippen MR) is 129 cm³/mol. The Morgan fingerprint density at radius 2 is 0.952 bits per heavy atom. The summed E-state index contributed by atoms with van der Waals surface area (Å²) in [6.45, 7) is 6.53. The molecule has 0 aromatic heterocycles. The van der Waals surface area contributed by atoms with Crippen molar-refractivity contribution in [1.29, 1.82) is 0 Å². The summed E-state index contributed by atoms with van der Waals surface area (Å²) in [4.78, 5) is 83.1. The van der Waals surface area contributed by atoms with Crippen LogP contribution in [0.2, 0.25) is 0 Å². The van der Waals surface area contributed by atoms with Crippen LogP contribution in [0.3, 0.4) is 0 Å². The molecule has 2 saturated heterocycles. The van der Waals surface area contributed by atoms with Crippen LogP contribution in [0, 0.1) is 0 Å². The summed E-state index contributed by atoms with van der Waals surface area (Å²) >= 11 is 0. The van der Waals surface area contributed by atoms with Crippen molar-refractivity contribution in [3.8, 4) is 0 Å². The Balaban J connectivity index is 2.54. The third-order valence-corrected chi connectivity index (χ3v) is 5.52. The predicted octanol–water partition coefficient (Wildman–Crippen LogP) is -0.762. The Hall–Kier alpha value is -3.83. The van der Waals surface area contributed by atoms with Crippen LogP contribution in [0.4, 0.5) is 0 Å². The van der Waals surface area contributed by atoms with Crippen LogP contribution < -0.4 is 0 Å². The lowest BCUT2D eigenvalue weighted by Gasteiger charge is -2.46. The summed E-state index contributed by atoms with van der Waals surface area (Å²) in [6.07, 6.45) is -13.5. The van der Waals surface area contributed by atoms with E-state index in [0.29, 0.717) is 0 Å². The lowest BCUT2D eigenvalue weighted by Crippen LogP contribution is -2.65. The Labute approximate surface area is 240 Å². The molecule has 0 aromatic carbocycles. The third-order valence-electron chi connectivity index (χ3n) is 5.52. The van der Waals surface area contributed by atoms with Gasteiger partial charge < -0.3 is 47.4 Å². The Kier molecular flexibility index (Phi) is 12.6. The molecule has 0 bridgehead atoms. The van der Waals surface area contributed by atoms with E-state index >= 15 is 0 Å². The number of carbonyl (C=O) groups excluding carboxylic acids is 7. The Morgan fingerprint density at radius 3 is 1.43 bits per heavy atom. The highest BCUT2D eigenvalue weighted by atomic mass is 16.8. The first-order valence-electron chi connectivity index (χ1n) is 12.7. The van der Waals surface area contributed by atoms with Gasteiger partial charge in [-0.3, -0.25) is 33.6 Å². The molecule has 42 heavy (non-hydrogen) atoms. The maximum absolute atomic E-state index is 12.1. The van der Waals surface area contributed by atoms with Crippen molar-refractivity contribution in [2.24, 2.45) is 0 Å². The molecule has 236 valence electrons. The van der Waals surface area contributed by atoms with Crippen LogP contribution in [-0.4, -0.2) is 110 Å². The quantitative estimate of drug-likeness (QED) is 0.221. The van der Waals surface area contributed by atoms with Gasteiger partial charge >= 0.3 is 41.8 Å². The molecule has 0 aromatic rings. The van der Waals surface area contributed by atoms with Crippen molar-refractivity contribution in [1.82, 2.24) is 0 Å². The largest absolute Gasteiger partial charge is 0.463 e. The Morgan fingerprint density at radius 1 is 0.524 bits per heavy atom. The molecule has 0 amide bonds. The van der Waals surface area contributed by atoms with Gasteiger partial charge in [-0.2, -0.15) is 0 Å². The molecule has 17 heteroatoms. The molecule has 9 atom stereocenters. The summed E-state index contributed by atoms with van der Waals surface area (Å²) in [5, 5.41) is 0. The number of carbonyl (C=O) groups is 7. The van der Waals surface area contributed by atoms with E-state index in [1.54, 1.807) is 0 Å². The molecular weight excluding hydrogens is 572 g/mol. The van der Waals surface area contributed by atoms with Gasteiger partial charge in [-0.05, 0) is 0 Å². The van der Waals surface area contributed by atoms with Gasteiger partial charge in [-0.25, -0.2) is 0 Å². The average molecular weight is 607 g/mol. The SMILES string of the molecule is CC(=O)OC[C@H]1O[C@@H](O[C@@H]2OC[C@H](OC(C)=O)[C@@H](OC(C)=O)[C@H]2OC(C)=O)[C@H](OC(C)=O)[C@@H](OC(C)=O)[C@@H]1OC(C)=O. The van der Waals surface area contributed by atoms with Gasteiger partial charge in [0, 0.05) is 48.5 Å². The number of hydrogen-bond donors (Lipinski definition) is 0. The van der Waals surface area contributed by atoms with E-state index in [-0.39, 0.29) is 0 Å². The van der Waals surface area contributed by atoms with Crippen molar-refractivity contribution >= 4 is 41.8 Å². The summed E-state index contributed by atoms with van der Waals surface area (Å²) < 4.78 is 54.2. The highest BCUT2D eigenvalue weighted by Gasteiger charge is 2.56. The summed E-state index contributed by atoms with van der Waals surface area (Å²) in [6, 6.07) is 0. The van der Waals surface area contributed by atoms with Gasteiger partial charge in [-0.1, -0.05) is 0 Å². The normalized spacial score (nSPS) is 30.6. The van der Waals surface area contributed by atoms with E-state index in [4.69, 9.17) is 47.4 Å². The van der Waals surface area contributed by atoms with E-state index < -0.39 is 110 Å². The first-order chi connectivity index (χ1) is 19.6. The lowest BCUT2D eigenvalue weighted by molar-refractivity contribution is -0.366. The number of hydrogen-bond acceptors (Lipinski definition) is 17. The minimum absolute atomic E-state index is 0.411. The van der Waals surface area contributed by atoms with Crippen LogP contribution in [0.15, 0.2) is 0 Å². The second kappa shape index (κ2) is 15.4. The molecule has 0 N–H and O–H groups in total. The second-order valence-electron chi connectivity index (χ2n) is 9.20. The minimum atomic E-state index is -1.71. The van der Waals surface area contributed by atoms with E-state index in [2.05, 4.69) is 0 Å². The molecule has 0 radical (unpaired) electrons. The van der Waals surface area contributed by atoms with Gasteiger partial charge in [0.1, 0.15) is 12.7 Å². The Bertz CT molecular complexity index is 1040. The maximum atomic E-state index is 12.1. The van der Waals surface area contributed by atoms with Gasteiger partial charge in [0.15, 0.2) is 36.6 Å². The fourth-order valence-corrected chi connectivity index (χ4v) is 4.26. The highest BCUT2D eigenvalue weighted by Crippen LogP contribution is 2.33. The molecule has 0 aliphatic carbocycles. The first kappa shape index (κ1) is 34.4. The molecule has 2 aliphatic heterocycles. The van der Waals surface area contributed by atoms with Gasteiger partial charge in [0.25, 0.3) is 0 Å². The lowest BCUT2D eigenvalue weighted by atomic mass is 9.97. The molecule has 2 heterocycles. The van der Waals surface area contributed by atoms with Crippen molar-refractivity contribution in [2.75, 3.05) is 13.2 Å². The standard InChI is InChI=1S/C25H34O17/c1-10(26)33-8-18-19(36-12(3)28)21(38-14(5)30)23(40-16(7)32)25(41-18)42-24-22(39-15(6)31)20(37-13(4)29)17(9-34-24)35-11(2)27/h17-25H,8-9H2,1-7H3/t17-,18+,19+,20+,21-,22+,23+,24-,25-/m0/s1. The minimum Gasteiger partial charge on any atom is -0.463 e. The van der Waals surface area contributed by atoms with Gasteiger partial charge in [-0.15, -0.1) is 0 Å². The van der Waals surface area contributed by atoms with Crippen LogP contribution in [0.5, 0.6) is 0 Å². The van der Waals surface area contributed by atoms with E-state index in [9.17, 15) is 33.6 Å². The molecular formula is C25H34O17. The number of rotatable bonds is 10. The maximum Gasteiger partial charge on any atom is 0.303 e. The van der Waals surface area contributed by atoms with Gasteiger partial charge in [0.05, 0.1) is 6.61 Å². The van der Waals surface area contributed by atoms with Crippen LogP contribution >= 0.6 is 0 Å². The third kappa shape index (κ3) is 10.2. The van der Waals surface area contributed by atoms with E-state index in [0.717, 1.165) is 48.5 Å². The van der Waals surface area contributed by atoms with Crippen molar-refractivity contribution in [2.45, 2.75) is 104 Å². The van der Waals surface area contributed by atoms with Crippen molar-refractivity contribution < 1.29 is 80.9 Å². The van der Waals surface area contributed by atoms with Crippen molar-refractivity contribution in [3.05, 3.63) is 0 Å². The molecule has 0 spiro atoms. The number of ether oxygens (including phenoxy) is 10. The molecule has 2 fully saturated rings. The summed E-state index contributed by atoms with van der Waals surface area (Å²) in [7, 11) is 0. The highest BCUT2D eigenvalue weighted by molar-refractivity contribution is 5.69. The molecule has 0 unspecified atom stereocenters. The fourth-order valence-electron chi connectivity index (χ4n) is 4.26. The monoisotopic (exact) mass is 606 g/mol.